The van der Waals surface area contributed by atoms with Gasteiger partial charge in [-0.3, -0.25) is 0 Å². The van der Waals surface area contributed by atoms with Crippen LogP contribution < -0.4 is 5.73 Å². The fourth-order valence-electron chi connectivity index (χ4n) is 1.34. The molecule has 0 radical (unpaired) electrons. The van der Waals surface area contributed by atoms with Gasteiger partial charge in [-0.25, -0.2) is 0 Å². The molecule has 0 atom stereocenters. The summed E-state index contributed by atoms with van der Waals surface area (Å²) in [7, 11) is 0. The molecule has 0 saturated carbocycles. The van der Waals surface area contributed by atoms with Gasteiger partial charge in [-0.1, -0.05) is 23.9 Å². The summed E-state index contributed by atoms with van der Waals surface area (Å²) in [6.07, 6.45) is 0. The van der Waals surface area contributed by atoms with Crippen LogP contribution in [0.25, 0.3) is 0 Å². The van der Waals surface area contributed by atoms with E-state index in [9.17, 15) is 0 Å². The van der Waals surface area contributed by atoms with Crippen LogP contribution in [0.4, 0.5) is 5.69 Å². The van der Waals surface area contributed by atoms with Crippen LogP contribution in [-0.2, 0) is 0 Å². The van der Waals surface area contributed by atoms with E-state index in [4.69, 9.17) is 11.0 Å². The summed E-state index contributed by atoms with van der Waals surface area (Å²) >= 11 is 5.03. The Bertz CT molecular complexity index is 590. The van der Waals surface area contributed by atoms with Gasteiger partial charge in [0, 0.05) is 20.0 Å². The molecule has 0 unspecified atom stereocenters. The van der Waals surface area contributed by atoms with Crippen LogP contribution in [-0.4, -0.2) is 0 Å². The highest BCUT2D eigenvalue weighted by Gasteiger charge is 2.05. The van der Waals surface area contributed by atoms with E-state index in [2.05, 4.69) is 22.0 Å². The first-order valence-electron chi connectivity index (χ1n) is 4.92. The Morgan fingerprint density at radius 1 is 1.12 bits per heavy atom. The van der Waals surface area contributed by atoms with Crippen molar-refractivity contribution in [3.05, 3.63) is 52.5 Å². The zero-order chi connectivity index (χ0) is 12.3. The van der Waals surface area contributed by atoms with Crippen LogP contribution in [0.3, 0.4) is 0 Å². The first kappa shape index (κ1) is 12.0. The molecule has 17 heavy (non-hydrogen) atoms. The standard InChI is InChI=1S/C13H9BrN2S/c14-10-3-1-2-4-12(10)17-13-7-9(8-15)5-6-11(13)16/h1-7H,16H2. The Hall–Kier alpha value is -1.44. The van der Waals surface area contributed by atoms with E-state index < -0.39 is 0 Å². The van der Waals surface area contributed by atoms with Crippen LogP contribution >= 0.6 is 27.7 Å². The van der Waals surface area contributed by atoms with Crippen molar-refractivity contribution < 1.29 is 0 Å². The average Bonchev–Trinajstić information content (AvgIpc) is 2.35. The highest BCUT2D eigenvalue weighted by atomic mass is 79.9. The monoisotopic (exact) mass is 304 g/mol. The Labute approximate surface area is 113 Å². The second kappa shape index (κ2) is 5.26. The summed E-state index contributed by atoms with van der Waals surface area (Å²) in [5.74, 6) is 0. The van der Waals surface area contributed by atoms with Crippen molar-refractivity contribution in [2.24, 2.45) is 0 Å². The Morgan fingerprint density at radius 3 is 2.59 bits per heavy atom. The van der Waals surface area contributed by atoms with Gasteiger partial charge in [-0.2, -0.15) is 5.26 Å². The molecule has 0 saturated heterocycles. The molecule has 0 heterocycles. The molecule has 0 aromatic heterocycles. The number of rotatable bonds is 2. The lowest BCUT2D eigenvalue weighted by atomic mass is 10.2. The maximum absolute atomic E-state index is 8.86. The van der Waals surface area contributed by atoms with E-state index >= 15 is 0 Å². The fourth-order valence-corrected chi connectivity index (χ4v) is 2.79. The van der Waals surface area contributed by atoms with E-state index in [1.165, 1.54) is 0 Å². The molecule has 84 valence electrons. The Kier molecular flexibility index (Phi) is 3.72. The number of halogens is 1. The van der Waals surface area contributed by atoms with Gasteiger partial charge in [-0.05, 0) is 46.3 Å². The molecule has 2 aromatic carbocycles. The number of anilines is 1. The number of nitrogens with two attached hydrogens (primary N) is 1. The van der Waals surface area contributed by atoms with E-state index in [1.54, 1.807) is 30.0 Å². The topological polar surface area (TPSA) is 49.8 Å². The van der Waals surface area contributed by atoms with Crippen molar-refractivity contribution in [2.45, 2.75) is 9.79 Å². The van der Waals surface area contributed by atoms with Crippen molar-refractivity contribution in [3.8, 4) is 6.07 Å². The lowest BCUT2D eigenvalue weighted by Crippen LogP contribution is -1.89. The molecule has 2 rings (SSSR count). The fraction of sp³-hybridized carbons (Fsp3) is 0. The van der Waals surface area contributed by atoms with E-state index in [1.807, 2.05) is 24.3 Å². The maximum Gasteiger partial charge on any atom is 0.0992 e. The summed E-state index contributed by atoms with van der Waals surface area (Å²) in [6.45, 7) is 0. The first-order valence-corrected chi connectivity index (χ1v) is 6.53. The largest absolute Gasteiger partial charge is 0.398 e. The summed E-state index contributed by atoms with van der Waals surface area (Å²) in [5.41, 5.74) is 7.20. The van der Waals surface area contributed by atoms with Crippen molar-refractivity contribution in [1.82, 2.24) is 0 Å². The van der Waals surface area contributed by atoms with Crippen molar-refractivity contribution in [1.29, 1.82) is 5.26 Å². The van der Waals surface area contributed by atoms with E-state index in [-0.39, 0.29) is 0 Å². The van der Waals surface area contributed by atoms with Crippen LogP contribution in [0.15, 0.2) is 56.7 Å². The lowest BCUT2D eigenvalue weighted by Gasteiger charge is -2.07. The van der Waals surface area contributed by atoms with E-state index in [0.717, 1.165) is 14.3 Å². The van der Waals surface area contributed by atoms with Crippen LogP contribution in [0.2, 0.25) is 0 Å². The van der Waals surface area contributed by atoms with E-state index in [0.29, 0.717) is 11.3 Å². The third-order valence-electron chi connectivity index (χ3n) is 2.20. The highest BCUT2D eigenvalue weighted by Crippen LogP contribution is 2.36. The van der Waals surface area contributed by atoms with Gasteiger partial charge >= 0.3 is 0 Å². The SMILES string of the molecule is N#Cc1ccc(N)c(Sc2ccccc2Br)c1. The third kappa shape index (κ3) is 2.82. The van der Waals surface area contributed by atoms with Crippen LogP contribution in [0.5, 0.6) is 0 Å². The van der Waals surface area contributed by atoms with Crippen LogP contribution in [0.1, 0.15) is 5.56 Å². The molecule has 0 aliphatic heterocycles. The average molecular weight is 305 g/mol. The molecule has 2 N–H and O–H groups in total. The molecule has 0 aliphatic carbocycles. The third-order valence-corrected chi connectivity index (χ3v) is 4.30. The van der Waals surface area contributed by atoms with Crippen molar-refractivity contribution >= 4 is 33.4 Å². The zero-order valence-corrected chi connectivity index (χ0v) is 11.3. The van der Waals surface area contributed by atoms with Gasteiger partial charge in [0.15, 0.2) is 0 Å². The summed E-state index contributed by atoms with van der Waals surface area (Å²) in [6, 6.07) is 15.3. The minimum Gasteiger partial charge on any atom is -0.398 e. The second-order valence-electron chi connectivity index (χ2n) is 3.40. The summed E-state index contributed by atoms with van der Waals surface area (Å²) in [4.78, 5) is 1.98. The Morgan fingerprint density at radius 2 is 1.88 bits per heavy atom. The normalized spacial score (nSPS) is 9.88. The number of nitrogen functional groups attached to an aromatic ring is 1. The van der Waals surface area contributed by atoms with Gasteiger partial charge in [-0.15, -0.1) is 0 Å². The molecular formula is C13H9BrN2S. The van der Waals surface area contributed by atoms with Crippen molar-refractivity contribution in [3.63, 3.8) is 0 Å². The number of hydrogen-bond acceptors (Lipinski definition) is 3. The predicted octanol–water partition coefficient (Wildman–Crippen LogP) is 4.05. The minimum absolute atomic E-state index is 0.619. The highest BCUT2D eigenvalue weighted by molar-refractivity contribution is 9.10. The molecule has 2 aromatic rings. The number of nitriles is 1. The van der Waals surface area contributed by atoms with Gasteiger partial charge < -0.3 is 5.73 Å². The molecule has 4 heteroatoms. The lowest BCUT2D eigenvalue weighted by molar-refractivity contribution is 1.36. The maximum atomic E-state index is 8.86. The van der Waals surface area contributed by atoms with Gasteiger partial charge in [0.1, 0.15) is 0 Å². The van der Waals surface area contributed by atoms with Crippen LogP contribution in [0, 0.1) is 11.3 Å². The molecule has 0 spiro atoms. The molecule has 0 fully saturated rings. The van der Waals surface area contributed by atoms with Gasteiger partial charge in [0.2, 0.25) is 0 Å². The summed E-state index contributed by atoms with van der Waals surface area (Å²) in [5, 5.41) is 8.86. The number of hydrogen-bond donors (Lipinski definition) is 1. The zero-order valence-electron chi connectivity index (χ0n) is 8.85. The quantitative estimate of drug-likeness (QED) is 0.851. The van der Waals surface area contributed by atoms with Gasteiger partial charge in [0.25, 0.3) is 0 Å². The van der Waals surface area contributed by atoms with Crippen molar-refractivity contribution in [2.75, 3.05) is 5.73 Å². The Balaban J connectivity index is 2.37. The molecular weight excluding hydrogens is 296 g/mol. The molecule has 2 nitrogen and oxygen atoms in total. The molecule has 0 bridgehead atoms. The van der Waals surface area contributed by atoms with Gasteiger partial charge in [0.05, 0.1) is 11.6 Å². The first-order chi connectivity index (χ1) is 8.20. The predicted molar refractivity (Wildman–Crippen MR) is 73.8 cm³/mol. The minimum atomic E-state index is 0.619. The number of nitrogens with zero attached hydrogens (tertiary/aromatic N) is 1. The molecule has 0 amide bonds. The second-order valence-corrected chi connectivity index (χ2v) is 5.34. The smallest absolute Gasteiger partial charge is 0.0992 e. The summed E-state index contributed by atoms with van der Waals surface area (Å²) < 4.78 is 1.02. The number of benzene rings is 2. The molecule has 0 aliphatic rings.